The van der Waals surface area contributed by atoms with Crippen LogP contribution < -0.4 is 5.32 Å². The largest absolute Gasteiger partial charge is 0.329 e. The fourth-order valence-corrected chi connectivity index (χ4v) is 2.05. The Morgan fingerprint density at radius 1 is 1.10 bits per heavy atom. The molecule has 3 heteroatoms. The lowest BCUT2D eigenvalue weighted by molar-refractivity contribution is -0.105. The molecular weight excluding hydrogens is 248 g/mol. The molecule has 102 valence electrons. The summed E-state index contributed by atoms with van der Waals surface area (Å²) >= 11 is 0. The predicted octanol–water partition coefficient (Wildman–Crippen LogP) is 4.01. The maximum Gasteiger partial charge on any atom is 0.211 e. The topological polar surface area (TPSA) is 41.5 Å². The zero-order valence-corrected chi connectivity index (χ0v) is 12.0. The highest BCUT2D eigenvalue weighted by atomic mass is 16.1. The smallest absolute Gasteiger partial charge is 0.211 e. The second-order valence-electron chi connectivity index (χ2n) is 4.83. The minimum absolute atomic E-state index is 0.672. The van der Waals surface area contributed by atoms with Crippen molar-refractivity contribution >= 4 is 23.5 Å². The Morgan fingerprint density at radius 2 is 1.80 bits per heavy atom. The van der Waals surface area contributed by atoms with Crippen molar-refractivity contribution in [2.45, 2.75) is 20.8 Å². The lowest BCUT2D eigenvalue weighted by Gasteiger charge is -2.06. The van der Waals surface area contributed by atoms with Gasteiger partial charge in [0.2, 0.25) is 6.41 Å². The number of rotatable bonds is 4. The van der Waals surface area contributed by atoms with E-state index in [9.17, 15) is 4.79 Å². The van der Waals surface area contributed by atoms with Crippen LogP contribution in [0.2, 0.25) is 0 Å². The summed E-state index contributed by atoms with van der Waals surface area (Å²) in [6.45, 7) is 6.13. The van der Waals surface area contributed by atoms with Crippen LogP contribution in [0.15, 0.2) is 47.5 Å². The Kier molecular flexibility index (Phi) is 4.31. The molecule has 0 aliphatic heterocycles. The molecule has 0 saturated heterocycles. The molecule has 2 aromatic rings. The van der Waals surface area contributed by atoms with Crippen LogP contribution in [0.25, 0.3) is 0 Å². The van der Waals surface area contributed by atoms with Gasteiger partial charge in [0.25, 0.3) is 0 Å². The van der Waals surface area contributed by atoms with Gasteiger partial charge < -0.3 is 5.32 Å². The van der Waals surface area contributed by atoms with E-state index in [1.165, 1.54) is 11.1 Å². The van der Waals surface area contributed by atoms with Crippen molar-refractivity contribution < 1.29 is 4.79 Å². The Labute approximate surface area is 119 Å². The molecule has 1 amide bonds. The molecule has 20 heavy (non-hydrogen) atoms. The van der Waals surface area contributed by atoms with E-state index in [1.807, 2.05) is 37.3 Å². The number of nitrogens with one attached hydrogen (secondary N) is 1. The summed E-state index contributed by atoms with van der Waals surface area (Å²) in [4.78, 5) is 15.0. The number of hydrogen-bond acceptors (Lipinski definition) is 2. The van der Waals surface area contributed by atoms with Gasteiger partial charge in [-0.2, -0.15) is 0 Å². The molecule has 0 heterocycles. The van der Waals surface area contributed by atoms with Crippen LogP contribution in [0.5, 0.6) is 0 Å². The summed E-state index contributed by atoms with van der Waals surface area (Å²) in [5.41, 5.74) is 6.18. The van der Waals surface area contributed by atoms with E-state index in [0.717, 1.165) is 22.6 Å². The molecule has 0 spiro atoms. The van der Waals surface area contributed by atoms with Gasteiger partial charge in [-0.1, -0.05) is 29.8 Å². The first-order valence-electron chi connectivity index (χ1n) is 6.53. The van der Waals surface area contributed by atoms with E-state index in [0.29, 0.717) is 6.41 Å². The third-order valence-electron chi connectivity index (χ3n) is 3.17. The van der Waals surface area contributed by atoms with E-state index in [4.69, 9.17) is 0 Å². The molecule has 0 radical (unpaired) electrons. The molecule has 2 aromatic carbocycles. The number of nitrogens with zero attached hydrogens (tertiary/aromatic N) is 1. The Bertz CT molecular complexity index is 643. The van der Waals surface area contributed by atoms with Gasteiger partial charge in [0.15, 0.2) is 0 Å². The summed E-state index contributed by atoms with van der Waals surface area (Å²) in [5.74, 6) is 0. The van der Waals surface area contributed by atoms with Crippen LogP contribution >= 0.6 is 0 Å². The second kappa shape index (κ2) is 6.15. The van der Waals surface area contributed by atoms with E-state index in [-0.39, 0.29) is 0 Å². The minimum Gasteiger partial charge on any atom is -0.329 e. The predicted molar refractivity (Wildman–Crippen MR) is 83.9 cm³/mol. The highest BCUT2D eigenvalue weighted by molar-refractivity contribution is 6.00. The van der Waals surface area contributed by atoms with Gasteiger partial charge in [0.1, 0.15) is 0 Å². The van der Waals surface area contributed by atoms with Gasteiger partial charge in [0.05, 0.1) is 5.69 Å². The zero-order valence-electron chi connectivity index (χ0n) is 12.0. The maximum absolute atomic E-state index is 10.4. The fourth-order valence-electron chi connectivity index (χ4n) is 2.05. The van der Waals surface area contributed by atoms with Crippen LogP contribution in [0.1, 0.15) is 23.6 Å². The van der Waals surface area contributed by atoms with Gasteiger partial charge >= 0.3 is 0 Å². The van der Waals surface area contributed by atoms with Gasteiger partial charge in [-0.05, 0) is 50.1 Å². The summed E-state index contributed by atoms with van der Waals surface area (Å²) in [6, 6.07) is 13.9. The van der Waals surface area contributed by atoms with Crippen LogP contribution in [0.4, 0.5) is 11.4 Å². The Hall–Kier alpha value is -2.42. The van der Waals surface area contributed by atoms with Gasteiger partial charge in [-0.3, -0.25) is 9.79 Å². The monoisotopic (exact) mass is 266 g/mol. The van der Waals surface area contributed by atoms with Gasteiger partial charge in [0, 0.05) is 11.4 Å². The average Bonchev–Trinajstić information content (AvgIpc) is 2.43. The Balaban J connectivity index is 2.27. The molecule has 0 bridgehead atoms. The van der Waals surface area contributed by atoms with Crippen LogP contribution in [0.3, 0.4) is 0 Å². The summed E-state index contributed by atoms with van der Waals surface area (Å²) in [6.07, 6.45) is 0.672. The number of amides is 1. The molecule has 1 N–H and O–H groups in total. The number of hydrogen-bond donors (Lipinski definition) is 1. The van der Waals surface area contributed by atoms with Gasteiger partial charge in [-0.15, -0.1) is 0 Å². The molecule has 2 rings (SSSR count). The highest BCUT2D eigenvalue weighted by Crippen LogP contribution is 2.21. The van der Waals surface area contributed by atoms with Crippen molar-refractivity contribution in [3.05, 3.63) is 59.2 Å². The molecule has 0 unspecified atom stereocenters. The molecular formula is C17H18N2O. The number of anilines is 1. The van der Waals surface area contributed by atoms with Crippen molar-refractivity contribution in [2.75, 3.05) is 5.32 Å². The van der Waals surface area contributed by atoms with Crippen molar-refractivity contribution in [1.82, 2.24) is 0 Å². The summed E-state index contributed by atoms with van der Waals surface area (Å²) < 4.78 is 0. The average molecular weight is 266 g/mol. The van der Waals surface area contributed by atoms with E-state index in [1.54, 1.807) is 0 Å². The van der Waals surface area contributed by atoms with Crippen molar-refractivity contribution in [3.63, 3.8) is 0 Å². The quantitative estimate of drug-likeness (QED) is 0.659. The SMILES string of the molecule is CC(=Nc1ccc(C)cc1C)c1ccc(NC=O)cc1. The minimum atomic E-state index is 0.672. The Morgan fingerprint density at radius 3 is 2.40 bits per heavy atom. The van der Waals surface area contributed by atoms with Crippen LogP contribution in [-0.4, -0.2) is 12.1 Å². The maximum atomic E-state index is 10.4. The molecule has 0 aliphatic rings. The van der Waals surface area contributed by atoms with E-state index in [2.05, 4.69) is 36.3 Å². The lowest BCUT2D eigenvalue weighted by atomic mass is 10.1. The highest BCUT2D eigenvalue weighted by Gasteiger charge is 2.01. The normalized spacial score (nSPS) is 11.2. The number of carbonyl (C=O) groups excluding carboxylic acids is 1. The molecule has 0 fully saturated rings. The second-order valence-corrected chi connectivity index (χ2v) is 4.83. The molecule has 3 nitrogen and oxygen atoms in total. The van der Waals surface area contributed by atoms with Crippen LogP contribution in [0, 0.1) is 13.8 Å². The zero-order chi connectivity index (χ0) is 14.5. The number of aliphatic imine (C=N–C) groups is 1. The fraction of sp³-hybridized carbons (Fsp3) is 0.176. The number of carbonyl (C=O) groups is 1. The summed E-state index contributed by atoms with van der Waals surface area (Å²) in [7, 11) is 0. The first-order valence-corrected chi connectivity index (χ1v) is 6.53. The molecule has 0 atom stereocenters. The van der Waals surface area contributed by atoms with Crippen LogP contribution in [-0.2, 0) is 4.79 Å². The summed E-state index contributed by atoms with van der Waals surface area (Å²) in [5, 5.41) is 2.62. The van der Waals surface area contributed by atoms with Crippen molar-refractivity contribution in [1.29, 1.82) is 0 Å². The number of aryl methyl sites for hydroxylation is 2. The molecule has 0 aromatic heterocycles. The first-order chi connectivity index (χ1) is 9.60. The number of benzene rings is 2. The van der Waals surface area contributed by atoms with Crippen molar-refractivity contribution in [2.24, 2.45) is 4.99 Å². The molecule has 0 aliphatic carbocycles. The van der Waals surface area contributed by atoms with E-state index >= 15 is 0 Å². The first kappa shape index (κ1) is 14.0. The standard InChI is InChI=1S/C17H18N2O/c1-12-4-9-17(13(2)10-12)19-14(3)15-5-7-16(8-6-15)18-11-20/h4-11H,1-3H3,(H,18,20). The van der Waals surface area contributed by atoms with Crippen molar-refractivity contribution in [3.8, 4) is 0 Å². The third kappa shape index (κ3) is 3.32. The third-order valence-corrected chi connectivity index (χ3v) is 3.17. The molecule has 0 saturated carbocycles. The lowest BCUT2D eigenvalue weighted by Crippen LogP contribution is -1.97. The van der Waals surface area contributed by atoms with Gasteiger partial charge in [-0.25, -0.2) is 0 Å². The van der Waals surface area contributed by atoms with E-state index < -0.39 is 0 Å².